The second kappa shape index (κ2) is 7.95. The highest BCUT2D eigenvalue weighted by molar-refractivity contribution is 7.18. The quantitative estimate of drug-likeness (QED) is 0.832. The fourth-order valence-electron chi connectivity index (χ4n) is 3.47. The zero-order chi connectivity index (χ0) is 17.7. The summed E-state index contributed by atoms with van der Waals surface area (Å²) in [5, 5.41) is 6.90. The average molecular weight is 359 g/mol. The molecule has 25 heavy (non-hydrogen) atoms. The van der Waals surface area contributed by atoms with E-state index in [1.165, 1.54) is 0 Å². The summed E-state index contributed by atoms with van der Waals surface area (Å²) in [5.41, 5.74) is 0.257. The van der Waals surface area contributed by atoms with E-state index in [2.05, 4.69) is 15.6 Å². The van der Waals surface area contributed by atoms with Crippen LogP contribution in [0.2, 0.25) is 0 Å². The molecule has 0 spiro atoms. The smallest absolute Gasteiger partial charge is 0.245 e. The Hall–Kier alpha value is -1.95. The summed E-state index contributed by atoms with van der Waals surface area (Å²) in [5.74, 6) is -0.101. The molecule has 0 radical (unpaired) electrons. The average Bonchev–Trinajstić information content (AvgIpc) is 3.04. The third kappa shape index (κ3) is 4.18. The summed E-state index contributed by atoms with van der Waals surface area (Å²) < 4.78 is 1.14. The molecule has 6 heteroatoms. The van der Waals surface area contributed by atoms with Gasteiger partial charge in [-0.25, -0.2) is 4.98 Å². The van der Waals surface area contributed by atoms with E-state index in [1.807, 2.05) is 31.2 Å². The molecule has 1 aliphatic rings. The molecule has 2 aromatic rings. The Morgan fingerprint density at radius 2 is 1.96 bits per heavy atom. The van der Waals surface area contributed by atoms with Gasteiger partial charge >= 0.3 is 0 Å². The minimum absolute atomic E-state index is 0.0389. The van der Waals surface area contributed by atoms with Crippen LogP contribution in [0.5, 0.6) is 0 Å². The van der Waals surface area contributed by atoms with Crippen LogP contribution in [0.4, 0.5) is 0 Å². The largest absolute Gasteiger partial charge is 0.354 e. The first-order valence-corrected chi connectivity index (χ1v) is 9.88. The van der Waals surface area contributed by atoms with Crippen molar-refractivity contribution in [3.05, 3.63) is 29.3 Å². The van der Waals surface area contributed by atoms with Crippen LogP contribution in [0.25, 0.3) is 10.2 Å². The van der Waals surface area contributed by atoms with Crippen LogP contribution in [0.1, 0.15) is 50.5 Å². The first-order valence-electron chi connectivity index (χ1n) is 9.07. The Balaban J connectivity index is 1.62. The van der Waals surface area contributed by atoms with Gasteiger partial charge in [0.25, 0.3) is 0 Å². The van der Waals surface area contributed by atoms with Crippen molar-refractivity contribution < 1.29 is 9.59 Å². The normalized spacial score (nSPS) is 16.5. The van der Waals surface area contributed by atoms with Crippen LogP contribution >= 0.6 is 11.3 Å². The fraction of sp³-hybridized carbons (Fsp3) is 0.526. The van der Waals surface area contributed by atoms with Crippen molar-refractivity contribution in [2.75, 3.05) is 6.54 Å². The number of benzene rings is 1. The van der Waals surface area contributed by atoms with E-state index in [4.69, 9.17) is 0 Å². The number of nitrogens with one attached hydrogen (secondary N) is 2. The van der Waals surface area contributed by atoms with Crippen LogP contribution in [0.3, 0.4) is 0 Å². The first kappa shape index (κ1) is 17.9. The first-order chi connectivity index (χ1) is 12.1. The van der Waals surface area contributed by atoms with Crippen molar-refractivity contribution in [3.8, 4) is 0 Å². The van der Waals surface area contributed by atoms with Gasteiger partial charge in [0.1, 0.15) is 5.54 Å². The molecule has 2 amide bonds. The molecule has 1 aromatic carbocycles. The summed E-state index contributed by atoms with van der Waals surface area (Å²) in [6.07, 6.45) is 5.52. The second-order valence-corrected chi connectivity index (χ2v) is 7.74. The highest BCUT2D eigenvalue weighted by Crippen LogP contribution is 2.29. The molecule has 1 heterocycles. The molecule has 2 N–H and O–H groups in total. The topological polar surface area (TPSA) is 71.1 Å². The van der Waals surface area contributed by atoms with Gasteiger partial charge in [0.2, 0.25) is 11.8 Å². The molecule has 5 nitrogen and oxygen atoms in total. The number of para-hydroxylation sites is 1. The summed E-state index contributed by atoms with van der Waals surface area (Å²) in [6.45, 7) is 2.49. The van der Waals surface area contributed by atoms with Gasteiger partial charge in [-0.15, -0.1) is 11.3 Å². The van der Waals surface area contributed by atoms with Crippen molar-refractivity contribution >= 4 is 33.4 Å². The summed E-state index contributed by atoms with van der Waals surface area (Å²) in [7, 11) is 0. The maximum absolute atomic E-state index is 12.5. The Labute approximate surface area is 152 Å². The zero-order valence-electron chi connectivity index (χ0n) is 14.6. The van der Waals surface area contributed by atoms with E-state index in [9.17, 15) is 9.59 Å². The number of aryl methyl sites for hydroxylation is 1. The van der Waals surface area contributed by atoms with E-state index in [-0.39, 0.29) is 11.8 Å². The second-order valence-electron chi connectivity index (χ2n) is 6.63. The molecule has 0 aliphatic heterocycles. The molecule has 134 valence electrons. The van der Waals surface area contributed by atoms with E-state index in [0.29, 0.717) is 19.4 Å². The maximum Gasteiger partial charge on any atom is 0.245 e. The van der Waals surface area contributed by atoms with Crippen LogP contribution in [-0.2, 0) is 16.0 Å². The number of thiazole rings is 1. The van der Waals surface area contributed by atoms with Gasteiger partial charge in [-0.05, 0) is 31.9 Å². The standard InChI is InChI=1S/C19H25N3O2S/c1-2-20-18(24)19(12-6-3-7-13-19)22-16(23)10-11-17-21-14-8-4-5-9-15(14)25-17/h4-5,8-9H,2-3,6-7,10-13H2,1H3,(H,20,24)(H,22,23). The lowest BCUT2D eigenvalue weighted by molar-refractivity contribution is -0.135. The summed E-state index contributed by atoms with van der Waals surface area (Å²) in [4.78, 5) is 29.6. The van der Waals surface area contributed by atoms with Crippen molar-refractivity contribution in [1.29, 1.82) is 0 Å². The molecule has 0 atom stereocenters. The number of amides is 2. The Morgan fingerprint density at radius 1 is 1.20 bits per heavy atom. The number of carbonyl (C=O) groups is 2. The van der Waals surface area contributed by atoms with Gasteiger partial charge in [0.15, 0.2) is 0 Å². The molecule has 1 fully saturated rings. The third-order valence-corrected chi connectivity index (χ3v) is 5.86. The summed E-state index contributed by atoms with van der Waals surface area (Å²) in [6, 6.07) is 8.00. The monoisotopic (exact) mass is 359 g/mol. The highest BCUT2D eigenvalue weighted by Gasteiger charge is 2.40. The van der Waals surface area contributed by atoms with Crippen molar-refractivity contribution in [1.82, 2.24) is 15.6 Å². The van der Waals surface area contributed by atoms with E-state index in [1.54, 1.807) is 11.3 Å². The van der Waals surface area contributed by atoms with E-state index in [0.717, 1.165) is 47.3 Å². The number of likely N-dealkylation sites (N-methyl/N-ethyl adjacent to an activating group) is 1. The fourth-order valence-corrected chi connectivity index (χ4v) is 4.44. The number of hydrogen-bond donors (Lipinski definition) is 2. The molecule has 1 aromatic heterocycles. The molecule has 0 unspecified atom stereocenters. The number of rotatable bonds is 6. The van der Waals surface area contributed by atoms with Crippen LogP contribution in [0.15, 0.2) is 24.3 Å². The van der Waals surface area contributed by atoms with Crippen molar-refractivity contribution in [2.45, 2.75) is 57.4 Å². The minimum Gasteiger partial charge on any atom is -0.354 e. The van der Waals surface area contributed by atoms with Gasteiger partial charge < -0.3 is 10.6 Å². The molecule has 1 saturated carbocycles. The van der Waals surface area contributed by atoms with Crippen molar-refractivity contribution in [2.24, 2.45) is 0 Å². The van der Waals surface area contributed by atoms with E-state index >= 15 is 0 Å². The Kier molecular flexibility index (Phi) is 5.68. The Bertz CT molecular complexity index is 717. The lowest BCUT2D eigenvalue weighted by atomic mass is 9.80. The number of nitrogens with zero attached hydrogens (tertiary/aromatic N) is 1. The molecule has 0 bridgehead atoms. The predicted molar refractivity (Wildman–Crippen MR) is 101 cm³/mol. The lowest BCUT2D eigenvalue weighted by Crippen LogP contribution is -2.59. The minimum atomic E-state index is -0.723. The number of carbonyl (C=O) groups excluding carboxylic acids is 2. The molecule has 3 rings (SSSR count). The van der Waals surface area contributed by atoms with Gasteiger partial charge in [-0.3, -0.25) is 9.59 Å². The Morgan fingerprint density at radius 3 is 2.68 bits per heavy atom. The van der Waals surface area contributed by atoms with Crippen LogP contribution in [0, 0.1) is 0 Å². The molecule has 0 saturated heterocycles. The third-order valence-electron chi connectivity index (χ3n) is 4.76. The van der Waals surface area contributed by atoms with Gasteiger partial charge in [0, 0.05) is 19.4 Å². The SMILES string of the molecule is CCNC(=O)C1(NC(=O)CCc2nc3ccccc3s2)CCCCC1. The molecular weight excluding hydrogens is 334 g/mol. The van der Waals surface area contributed by atoms with Gasteiger partial charge in [-0.2, -0.15) is 0 Å². The highest BCUT2D eigenvalue weighted by atomic mass is 32.1. The zero-order valence-corrected chi connectivity index (χ0v) is 15.5. The van der Waals surface area contributed by atoms with Gasteiger partial charge in [-0.1, -0.05) is 31.4 Å². The summed E-state index contributed by atoms with van der Waals surface area (Å²) >= 11 is 1.63. The number of hydrogen-bond acceptors (Lipinski definition) is 4. The van der Waals surface area contributed by atoms with Crippen LogP contribution < -0.4 is 10.6 Å². The van der Waals surface area contributed by atoms with E-state index < -0.39 is 5.54 Å². The van der Waals surface area contributed by atoms with Crippen LogP contribution in [-0.4, -0.2) is 28.9 Å². The van der Waals surface area contributed by atoms with Gasteiger partial charge in [0.05, 0.1) is 15.2 Å². The predicted octanol–water partition coefficient (Wildman–Crippen LogP) is 3.18. The van der Waals surface area contributed by atoms with Crippen molar-refractivity contribution in [3.63, 3.8) is 0 Å². The number of fused-ring (bicyclic) bond motifs is 1. The lowest BCUT2D eigenvalue weighted by Gasteiger charge is -2.36. The molecular formula is C19H25N3O2S. The molecule has 1 aliphatic carbocycles. The maximum atomic E-state index is 12.5. The number of aromatic nitrogens is 1.